The fourth-order valence-corrected chi connectivity index (χ4v) is 3.81. The summed E-state index contributed by atoms with van der Waals surface area (Å²) in [4.78, 5) is 5.01. The standard InChI is InChI=1S/C18H21NOS2/c1-19(10-6-12-21-17-8-3-2-4-9-17)14-18-13-16(15-22-18)7-5-11-20/h2-4,8-9,13,15,20H,6,10-12,14H2,1H3. The number of nitrogens with zero attached hydrogens (tertiary/aromatic N) is 1. The summed E-state index contributed by atoms with van der Waals surface area (Å²) in [5.41, 5.74) is 1.00. The summed E-state index contributed by atoms with van der Waals surface area (Å²) >= 11 is 3.65. The summed E-state index contributed by atoms with van der Waals surface area (Å²) < 4.78 is 0. The van der Waals surface area contributed by atoms with Crippen molar-refractivity contribution < 1.29 is 5.11 Å². The van der Waals surface area contributed by atoms with Gasteiger partial charge in [-0.2, -0.15) is 0 Å². The van der Waals surface area contributed by atoms with Crippen LogP contribution in [0.2, 0.25) is 0 Å². The van der Waals surface area contributed by atoms with Gasteiger partial charge in [-0.1, -0.05) is 30.0 Å². The van der Waals surface area contributed by atoms with Crippen LogP contribution in [0.5, 0.6) is 0 Å². The third-order valence-corrected chi connectivity index (χ3v) is 5.11. The summed E-state index contributed by atoms with van der Waals surface area (Å²) in [7, 11) is 2.16. The van der Waals surface area contributed by atoms with Gasteiger partial charge < -0.3 is 10.0 Å². The quantitative estimate of drug-likeness (QED) is 0.475. The zero-order valence-corrected chi connectivity index (χ0v) is 14.4. The van der Waals surface area contributed by atoms with Crippen molar-refractivity contribution in [2.45, 2.75) is 17.9 Å². The molecule has 1 heterocycles. The zero-order chi connectivity index (χ0) is 15.6. The highest BCUT2D eigenvalue weighted by Gasteiger charge is 2.03. The molecule has 0 amide bonds. The van der Waals surface area contributed by atoms with Gasteiger partial charge in [0, 0.05) is 27.3 Å². The zero-order valence-electron chi connectivity index (χ0n) is 12.8. The van der Waals surface area contributed by atoms with Crippen molar-refractivity contribution in [3.63, 3.8) is 0 Å². The average Bonchev–Trinajstić information content (AvgIpc) is 2.98. The fourth-order valence-electron chi connectivity index (χ4n) is 2.06. The first kappa shape index (κ1) is 17.1. The van der Waals surface area contributed by atoms with Crippen molar-refractivity contribution in [3.05, 3.63) is 52.2 Å². The Morgan fingerprint density at radius 2 is 2.09 bits per heavy atom. The maximum atomic E-state index is 8.70. The second-order valence-corrected chi connectivity index (χ2v) is 7.18. The van der Waals surface area contributed by atoms with Crippen LogP contribution in [-0.4, -0.2) is 36.0 Å². The number of hydrogen-bond donors (Lipinski definition) is 1. The number of thioether (sulfide) groups is 1. The first-order chi connectivity index (χ1) is 10.8. The van der Waals surface area contributed by atoms with Crippen molar-refractivity contribution in [1.82, 2.24) is 4.90 Å². The van der Waals surface area contributed by atoms with E-state index in [0.29, 0.717) is 0 Å². The molecule has 22 heavy (non-hydrogen) atoms. The van der Waals surface area contributed by atoms with Crippen molar-refractivity contribution in [1.29, 1.82) is 0 Å². The number of thiophene rings is 1. The Hall–Kier alpha value is -1.25. The molecule has 116 valence electrons. The van der Waals surface area contributed by atoms with Gasteiger partial charge in [-0.3, -0.25) is 0 Å². The summed E-state index contributed by atoms with van der Waals surface area (Å²) in [6, 6.07) is 12.7. The van der Waals surface area contributed by atoms with Gasteiger partial charge >= 0.3 is 0 Å². The molecular formula is C18H21NOS2. The van der Waals surface area contributed by atoms with Gasteiger partial charge in [-0.15, -0.1) is 23.1 Å². The SMILES string of the molecule is CN(CCCSc1ccccc1)Cc1cc(C#CCO)cs1. The molecule has 4 heteroatoms. The second-order valence-electron chi connectivity index (χ2n) is 5.01. The molecule has 0 spiro atoms. The lowest BCUT2D eigenvalue weighted by Gasteiger charge is -2.15. The Bertz CT molecular complexity index is 613. The van der Waals surface area contributed by atoms with Gasteiger partial charge in [0.2, 0.25) is 0 Å². The molecule has 0 saturated carbocycles. The van der Waals surface area contributed by atoms with Crippen LogP contribution in [0.1, 0.15) is 16.9 Å². The van der Waals surface area contributed by atoms with E-state index >= 15 is 0 Å². The molecule has 0 saturated heterocycles. The van der Waals surface area contributed by atoms with Crippen LogP contribution >= 0.6 is 23.1 Å². The summed E-state index contributed by atoms with van der Waals surface area (Å²) in [6.07, 6.45) is 1.18. The second kappa shape index (κ2) is 9.70. The Kier molecular flexibility index (Phi) is 7.55. The Balaban J connectivity index is 1.67. The van der Waals surface area contributed by atoms with Crippen molar-refractivity contribution >= 4 is 23.1 Å². The molecule has 1 aromatic carbocycles. The fraction of sp³-hybridized carbons (Fsp3) is 0.333. The van der Waals surface area contributed by atoms with Gasteiger partial charge in [-0.25, -0.2) is 0 Å². The maximum absolute atomic E-state index is 8.70. The maximum Gasteiger partial charge on any atom is 0.104 e. The Morgan fingerprint density at radius 3 is 2.86 bits per heavy atom. The van der Waals surface area contributed by atoms with Gasteiger partial charge in [0.15, 0.2) is 0 Å². The Labute approximate surface area is 141 Å². The summed E-state index contributed by atoms with van der Waals surface area (Å²) in [5, 5.41) is 10.8. The molecule has 1 aromatic heterocycles. The molecule has 0 atom stereocenters. The molecule has 0 unspecified atom stereocenters. The van der Waals surface area contributed by atoms with Crippen LogP contribution in [0.15, 0.2) is 46.7 Å². The normalized spacial score (nSPS) is 10.5. The minimum absolute atomic E-state index is 0.0792. The molecule has 0 aliphatic carbocycles. The van der Waals surface area contributed by atoms with Crippen LogP contribution in [0.4, 0.5) is 0 Å². The molecule has 0 bridgehead atoms. The van der Waals surface area contributed by atoms with E-state index < -0.39 is 0 Å². The van der Waals surface area contributed by atoms with E-state index in [0.717, 1.165) is 24.4 Å². The molecule has 0 fully saturated rings. The lowest BCUT2D eigenvalue weighted by atomic mass is 10.3. The number of aliphatic hydroxyl groups excluding tert-OH is 1. The molecule has 2 nitrogen and oxygen atoms in total. The van der Waals surface area contributed by atoms with E-state index in [1.165, 1.54) is 16.2 Å². The minimum atomic E-state index is -0.0792. The smallest absolute Gasteiger partial charge is 0.104 e. The lowest BCUT2D eigenvalue weighted by molar-refractivity contribution is 0.331. The van der Waals surface area contributed by atoms with Gasteiger partial charge in [0.25, 0.3) is 0 Å². The first-order valence-corrected chi connectivity index (χ1v) is 9.18. The van der Waals surface area contributed by atoms with E-state index in [1.54, 1.807) is 11.3 Å². The topological polar surface area (TPSA) is 23.5 Å². The Morgan fingerprint density at radius 1 is 1.27 bits per heavy atom. The van der Waals surface area contributed by atoms with Crippen molar-refractivity contribution in [2.75, 3.05) is 26.0 Å². The third kappa shape index (κ3) is 6.25. The highest BCUT2D eigenvalue weighted by molar-refractivity contribution is 7.99. The lowest BCUT2D eigenvalue weighted by Crippen LogP contribution is -2.18. The first-order valence-electron chi connectivity index (χ1n) is 7.31. The number of benzene rings is 1. The molecule has 0 aliphatic heterocycles. The molecule has 2 aromatic rings. The van der Waals surface area contributed by atoms with Crippen LogP contribution in [0, 0.1) is 11.8 Å². The molecular weight excluding hydrogens is 310 g/mol. The molecule has 0 radical (unpaired) electrons. The highest BCUT2D eigenvalue weighted by Crippen LogP contribution is 2.19. The van der Waals surface area contributed by atoms with Gasteiger partial charge in [-0.05, 0) is 44.0 Å². The van der Waals surface area contributed by atoms with E-state index in [4.69, 9.17) is 5.11 Å². The highest BCUT2D eigenvalue weighted by atomic mass is 32.2. The van der Waals surface area contributed by atoms with Gasteiger partial charge in [0.1, 0.15) is 6.61 Å². The van der Waals surface area contributed by atoms with Crippen LogP contribution in [-0.2, 0) is 6.54 Å². The summed E-state index contributed by atoms with van der Waals surface area (Å²) in [6.45, 7) is 1.97. The van der Waals surface area contributed by atoms with Crippen LogP contribution in [0.3, 0.4) is 0 Å². The predicted octanol–water partition coefficient (Wildman–Crippen LogP) is 3.71. The largest absolute Gasteiger partial charge is 0.384 e. The minimum Gasteiger partial charge on any atom is -0.384 e. The van der Waals surface area contributed by atoms with E-state index in [2.05, 4.69) is 65.6 Å². The van der Waals surface area contributed by atoms with Crippen LogP contribution in [0.25, 0.3) is 0 Å². The summed E-state index contributed by atoms with van der Waals surface area (Å²) in [5.74, 6) is 6.78. The van der Waals surface area contributed by atoms with E-state index in [9.17, 15) is 0 Å². The molecule has 2 rings (SSSR count). The number of rotatable bonds is 7. The number of aliphatic hydroxyl groups is 1. The third-order valence-electron chi connectivity index (χ3n) is 3.09. The number of hydrogen-bond acceptors (Lipinski definition) is 4. The molecule has 0 aliphatic rings. The van der Waals surface area contributed by atoms with Crippen LogP contribution < -0.4 is 0 Å². The van der Waals surface area contributed by atoms with Crippen molar-refractivity contribution in [3.8, 4) is 11.8 Å². The van der Waals surface area contributed by atoms with E-state index in [-0.39, 0.29) is 6.61 Å². The van der Waals surface area contributed by atoms with E-state index in [1.807, 2.05) is 11.8 Å². The average molecular weight is 332 g/mol. The van der Waals surface area contributed by atoms with Crippen molar-refractivity contribution in [2.24, 2.45) is 0 Å². The molecule has 1 N–H and O–H groups in total. The monoisotopic (exact) mass is 331 g/mol. The van der Waals surface area contributed by atoms with Gasteiger partial charge in [0.05, 0.1) is 0 Å². The predicted molar refractivity (Wildman–Crippen MR) is 96.4 cm³/mol.